The molecule has 1 aromatic heterocycles. The van der Waals surface area contributed by atoms with Crippen LogP contribution in [0.3, 0.4) is 0 Å². The Labute approximate surface area is 188 Å². The van der Waals surface area contributed by atoms with Crippen molar-refractivity contribution in [2.75, 3.05) is 6.61 Å². The van der Waals surface area contributed by atoms with Crippen LogP contribution in [0, 0.1) is 0 Å². The number of amides is 2. The zero-order valence-corrected chi connectivity index (χ0v) is 17.9. The molecule has 2 aromatic carbocycles. The summed E-state index contributed by atoms with van der Waals surface area (Å²) in [6.45, 7) is 0.277. The molecule has 0 radical (unpaired) electrons. The van der Waals surface area contributed by atoms with Crippen LogP contribution >= 0.6 is 34.8 Å². The molecular weight excluding hydrogens is 451 g/mol. The van der Waals surface area contributed by atoms with E-state index in [-0.39, 0.29) is 40.8 Å². The maximum Gasteiger partial charge on any atom is 0.258 e. The Hall–Kier alpha value is -2.67. The molecule has 0 unspecified atom stereocenters. The van der Waals surface area contributed by atoms with Gasteiger partial charge in [0, 0.05) is 18.2 Å². The summed E-state index contributed by atoms with van der Waals surface area (Å²) < 4.78 is 10.6. The third-order valence-electron chi connectivity index (χ3n) is 4.02. The Balaban J connectivity index is 1.49. The lowest BCUT2D eigenvalue weighted by Crippen LogP contribution is -2.28. The van der Waals surface area contributed by atoms with Gasteiger partial charge in [-0.2, -0.15) is 0 Å². The lowest BCUT2D eigenvalue weighted by Gasteiger charge is -2.10. The summed E-state index contributed by atoms with van der Waals surface area (Å²) in [5.74, 6) is 0.326. The van der Waals surface area contributed by atoms with Gasteiger partial charge in [0.2, 0.25) is 0 Å². The summed E-state index contributed by atoms with van der Waals surface area (Å²) >= 11 is 17.8. The Morgan fingerprint density at radius 3 is 2.47 bits per heavy atom. The van der Waals surface area contributed by atoms with Crippen LogP contribution in [0.25, 0.3) is 0 Å². The van der Waals surface area contributed by atoms with Gasteiger partial charge in [-0.3, -0.25) is 9.59 Å². The SMILES string of the molecule is O=C(COc1cc(Cl)c(Cl)cc1Cl)NCc1cccc(C(=O)NCc2ccco2)c1. The average molecular weight is 468 g/mol. The zero-order valence-electron chi connectivity index (χ0n) is 15.6. The molecule has 0 fully saturated rings. The van der Waals surface area contributed by atoms with Crippen molar-refractivity contribution in [2.24, 2.45) is 0 Å². The number of halogens is 3. The molecule has 9 heteroatoms. The van der Waals surface area contributed by atoms with Gasteiger partial charge in [0.1, 0.15) is 11.5 Å². The molecular formula is C21H17Cl3N2O4. The maximum atomic E-state index is 12.3. The number of rotatable bonds is 8. The number of nitrogens with one attached hydrogen (secondary N) is 2. The molecule has 30 heavy (non-hydrogen) atoms. The highest BCUT2D eigenvalue weighted by atomic mass is 35.5. The average Bonchev–Trinajstić information content (AvgIpc) is 3.26. The molecule has 0 spiro atoms. The van der Waals surface area contributed by atoms with Gasteiger partial charge in [-0.1, -0.05) is 46.9 Å². The number of ether oxygens (including phenoxy) is 1. The molecule has 0 atom stereocenters. The van der Waals surface area contributed by atoms with Crippen LogP contribution in [-0.4, -0.2) is 18.4 Å². The van der Waals surface area contributed by atoms with Crippen molar-refractivity contribution < 1.29 is 18.7 Å². The van der Waals surface area contributed by atoms with E-state index < -0.39 is 0 Å². The van der Waals surface area contributed by atoms with Crippen molar-refractivity contribution in [3.63, 3.8) is 0 Å². The van der Waals surface area contributed by atoms with E-state index in [1.54, 1.807) is 42.7 Å². The Morgan fingerprint density at radius 1 is 0.900 bits per heavy atom. The van der Waals surface area contributed by atoms with Gasteiger partial charge in [-0.25, -0.2) is 0 Å². The molecule has 2 N–H and O–H groups in total. The largest absolute Gasteiger partial charge is 0.482 e. The molecule has 0 saturated carbocycles. The second-order valence-corrected chi connectivity index (χ2v) is 7.45. The monoisotopic (exact) mass is 466 g/mol. The minimum Gasteiger partial charge on any atom is -0.482 e. The van der Waals surface area contributed by atoms with Gasteiger partial charge < -0.3 is 19.8 Å². The van der Waals surface area contributed by atoms with Crippen LogP contribution in [-0.2, 0) is 17.9 Å². The van der Waals surface area contributed by atoms with Crippen molar-refractivity contribution in [3.05, 3.63) is 86.7 Å². The summed E-state index contributed by atoms with van der Waals surface area (Å²) in [5.41, 5.74) is 1.24. The van der Waals surface area contributed by atoms with Crippen molar-refractivity contribution in [1.29, 1.82) is 0 Å². The summed E-state index contributed by atoms with van der Waals surface area (Å²) in [5, 5.41) is 6.32. The van der Waals surface area contributed by atoms with Crippen LogP contribution in [0.5, 0.6) is 5.75 Å². The van der Waals surface area contributed by atoms with E-state index in [0.717, 1.165) is 5.56 Å². The summed E-state index contributed by atoms with van der Waals surface area (Å²) in [6.07, 6.45) is 1.55. The highest BCUT2D eigenvalue weighted by molar-refractivity contribution is 6.43. The molecule has 3 aromatic rings. The van der Waals surface area contributed by atoms with Crippen LogP contribution in [0.15, 0.2) is 59.2 Å². The molecule has 0 bridgehead atoms. The van der Waals surface area contributed by atoms with Crippen LogP contribution in [0.2, 0.25) is 15.1 Å². The van der Waals surface area contributed by atoms with Gasteiger partial charge >= 0.3 is 0 Å². The van der Waals surface area contributed by atoms with Crippen molar-refractivity contribution in [3.8, 4) is 5.75 Å². The van der Waals surface area contributed by atoms with Crippen LogP contribution in [0.4, 0.5) is 0 Å². The lowest BCUT2D eigenvalue weighted by atomic mass is 10.1. The highest BCUT2D eigenvalue weighted by Crippen LogP contribution is 2.33. The molecule has 0 saturated heterocycles. The van der Waals surface area contributed by atoms with Crippen molar-refractivity contribution >= 4 is 46.6 Å². The minimum atomic E-state index is -0.357. The topological polar surface area (TPSA) is 80.6 Å². The minimum absolute atomic E-state index is 0.233. The maximum absolute atomic E-state index is 12.3. The van der Waals surface area contributed by atoms with E-state index in [2.05, 4.69) is 10.6 Å². The quantitative estimate of drug-likeness (QED) is 0.463. The predicted octanol–water partition coefficient (Wildman–Crippen LogP) is 4.87. The van der Waals surface area contributed by atoms with E-state index in [4.69, 9.17) is 44.0 Å². The first-order valence-corrected chi connectivity index (χ1v) is 9.99. The van der Waals surface area contributed by atoms with E-state index in [0.29, 0.717) is 22.9 Å². The Bertz CT molecular complexity index is 1040. The number of carbonyl (C=O) groups excluding carboxylic acids is 2. The fourth-order valence-corrected chi connectivity index (χ4v) is 3.11. The van der Waals surface area contributed by atoms with E-state index >= 15 is 0 Å². The van der Waals surface area contributed by atoms with E-state index in [1.807, 2.05) is 0 Å². The summed E-state index contributed by atoms with van der Waals surface area (Å²) in [4.78, 5) is 24.4. The number of hydrogen-bond donors (Lipinski definition) is 2. The number of hydrogen-bond acceptors (Lipinski definition) is 4. The normalized spacial score (nSPS) is 10.5. The molecule has 6 nitrogen and oxygen atoms in total. The second-order valence-electron chi connectivity index (χ2n) is 6.22. The molecule has 0 aliphatic heterocycles. The lowest BCUT2D eigenvalue weighted by molar-refractivity contribution is -0.123. The van der Waals surface area contributed by atoms with Gasteiger partial charge in [-0.15, -0.1) is 0 Å². The van der Waals surface area contributed by atoms with Crippen molar-refractivity contribution in [2.45, 2.75) is 13.1 Å². The van der Waals surface area contributed by atoms with Gasteiger partial charge in [-0.05, 0) is 35.9 Å². The number of benzene rings is 2. The van der Waals surface area contributed by atoms with Gasteiger partial charge in [0.25, 0.3) is 11.8 Å². The standard InChI is InChI=1S/C21H17Cl3N2O4/c22-16-8-18(24)19(9-17(16)23)30-12-20(27)25-10-13-3-1-4-14(7-13)21(28)26-11-15-5-2-6-29-15/h1-9H,10-12H2,(H,25,27)(H,26,28). The first-order chi connectivity index (χ1) is 14.4. The fourth-order valence-electron chi connectivity index (χ4n) is 2.52. The molecule has 3 rings (SSSR count). The van der Waals surface area contributed by atoms with E-state index in [1.165, 1.54) is 12.1 Å². The fraction of sp³-hybridized carbons (Fsp3) is 0.143. The predicted molar refractivity (Wildman–Crippen MR) is 115 cm³/mol. The first-order valence-electron chi connectivity index (χ1n) is 8.86. The molecule has 1 heterocycles. The van der Waals surface area contributed by atoms with Crippen LogP contribution < -0.4 is 15.4 Å². The third-order valence-corrected chi connectivity index (χ3v) is 5.03. The number of carbonyl (C=O) groups is 2. The summed E-state index contributed by atoms with van der Waals surface area (Å²) in [7, 11) is 0. The van der Waals surface area contributed by atoms with Gasteiger partial charge in [0.05, 0.1) is 27.9 Å². The van der Waals surface area contributed by atoms with Crippen molar-refractivity contribution in [1.82, 2.24) is 10.6 Å². The Kier molecular flexibility index (Phi) is 7.63. The summed E-state index contributed by atoms with van der Waals surface area (Å²) in [6, 6.07) is 13.4. The molecule has 0 aliphatic rings. The second kappa shape index (κ2) is 10.4. The number of furan rings is 1. The first kappa shape index (κ1) is 22.0. The highest BCUT2D eigenvalue weighted by Gasteiger charge is 2.11. The van der Waals surface area contributed by atoms with Crippen LogP contribution in [0.1, 0.15) is 21.7 Å². The zero-order chi connectivity index (χ0) is 21.5. The Morgan fingerprint density at radius 2 is 1.70 bits per heavy atom. The smallest absolute Gasteiger partial charge is 0.258 e. The third kappa shape index (κ3) is 6.16. The van der Waals surface area contributed by atoms with E-state index in [9.17, 15) is 9.59 Å². The molecule has 2 amide bonds. The molecule has 0 aliphatic carbocycles. The molecule has 156 valence electrons. The van der Waals surface area contributed by atoms with Gasteiger partial charge in [0.15, 0.2) is 6.61 Å².